The quantitative estimate of drug-likeness (QED) is 0.216. The predicted octanol–water partition coefficient (Wildman–Crippen LogP) is 1.12. The maximum atomic E-state index is 13.8. The third kappa shape index (κ3) is 6.54. The Bertz CT molecular complexity index is 1110. The summed E-state index contributed by atoms with van der Waals surface area (Å²) in [4.78, 5) is 31.2. The van der Waals surface area contributed by atoms with E-state index in [9.17, 15) is 19.1 Å². The van der Waals surface area contributed by atoms with Crippen LogP contribution in [0.25, 0.3) is 0 Å². The predicted molar refractivity (Wildman–Crippen MR) is 133 cm³/mol. The largest absolute Gasteiger partial charge is 0.480 e. The molecule has 2 aliphatic rings. The first kappa shape index (κ1) is 27.0. The van der Waals surface area contributed by atoms with Gasteiger partial charge in [-0.1, -0.05) is 22.0 Å². The number of hydrogen-bond donors (Lipinski definition) is 4. The van der Waals surface area contributed by atoms with Gasteiger partial charge in [-0.3, -0.25) is 25.5 Å². The number of nitrogens with two attached hydrogens (primary N) is 1. The number of rotatable bonds is 7. The molecule has 1 saturated heterocycles. The summed E-state index contributed by atoms with van der Waals surface area (Å²) >= 11 is 4.34. The molecule has 2 heterocycles. The lowest BCUT2D eigenvalue weighted by molar-refractivity contribution is -0.149. The van der Waals surface area contributed by atoms with Crippen LogP contribution in [-0.2, 0) is 19.1 Å². The molecule has 13 heteroatoms. The zero-order valence-corrected chi connectivity index (χ0v) is 21.5. The van der Waals surface area contributed by atoms with Crippen molar-refractivity contribution < 1.29 is 34.0 Å². The van der Waals surface area contributed by atoms with Crippen LogP contribution in [0, 0.1) is 11.2 Å². The molecule has 1 aromatic rings. The Morgan fingerprint density at radius 2 is 2.23 bits per heavy atom. The highest BCUT2D eigenvalue weighted by Crippen LogP contribution is 2.37. The number of hydrogen-bond acceptors (Lipinski definition) is 9. The highest BCUT2D eigenvalue weighted by atomic mass is 79.9. The van der Waals surface area contributed by atoms with Crippen LogP contribution in [0.1, 0.15) is 25.5 Å². The van der Waals surface area contributed by atoms with Gasteiger partial charge < -0.3 is 19.9 Å². The molecule has 35 heavy (non-hydrogen) atoms. The normalized spacial score (nSPS) is 20.6. The number of carbonyl (C=O) groups excluding carboxylic acids is 1. The number of ether oxygens (including phenoxy) is 2. The molecule has 0 spiro atoms. The minimum absolute atomic E-state index is 0.00175. The molecule has 0 aliphatic carbocycles. The van der Waals surface area contributed by atoms with E-state index in [0.29, 0.717) is 33.9 Å². The molecule has 2 aliphatic heterocycles. The molecule has 1 fully saturated rings. The molecule has 0 radical (unpaired) electrons. The summed E-state index contributed by atoms with van der Waals surface area (Å²) in [6, 6.07) is 2.14. The molecule has 0 bridgehead atoms. The van der Waals surface area contributed by atoms with Crippen molar-refractivity contribution in [2.45, 2.75) is 25.9 Å². The number of esters is 1. The van der Waals surface area contributed by atoms with Crippen molar-refractivity contribution in [1.82, 2.24) is 10.2 Å². The van der Waals surface area contributed by atoms with Gasteiger partial charge in [0.1, 0.15) is 22.9 Å². The van der Waals surface area contributed by atoms with E-state index in [1.165, 1.54) is 18.2 Å². The number of carboxylic acid groups (broad SMARTS) is 1. The van der Waals surface area contributed by atoms with E-state index < -0.39 is 29.8 Å². The number of carbonyl (C=O) groups is 2. The number of carboxylic acids is 1. The second-order valence-electron chi connectivity index (χ2n) is 7.73. The Morgan fingerprint density at radius 3 is 2.86 bits per heavy atom. The summed E-state index contributed by atoms with van der Waals surface area (Å²) < 4.78 is 24.9. The molecule has 1 aromatic carbocycles. The number of amidine groups is 1. The monoisotopic (exact) mass is 570 g/mol. The van der Waals surface area contributed by atoms with Gasteiger partial charge in [-0.05, 0) is 36.4 Å². The molecule has 0 saturated carbocycles. The van der Waals surface area contributed by atoms with Crippen LogP contribution in [0.2, 0.25) is 0 Å². The summed E-state index contributed by atoms with van der Waals surface area (Å²) in [5.74, 6) is -2.04. The summed E-state index contributed by atoms with van der Waals surface area (Å²) in [5, 5.41) is 27.3. The van der Waals surface area contributed by atoms with Gasteiger partial charge in [-0.15, -0.1) is 0 Å². The standard InChI is InChI=1S/C22H25BrFN5O5S/c1-3-34-22(32)17-15(9-29-6-7-33-10-16(29)21(30)31)27-20(19(26)35-11(2)25)28-18(17)13-5-4-12(24)8-14(13)23/h4-5,8,16,18,25-26H,3,6-7,9-10H2,1-2H3,(H,27,28)(H,30,31)/p+1. The van der Waals surface area contributed by atoms with E-state index in [1.807, 2.05) is 0 Å². The fraction of sp³-hybridized carbons (Fsp3) is 0.409. The third-order valence-electron chi connectivity index (χ3n) is 5.24. The number of thioether (sulfide) groups is 1. The van der Waals surface area contributed by atoms with Crippen molar-refractivity contribution in [3.63, 3.8) is 0 Å². The maximum Gasteiger partial charge on any atom is 0.338 e. The first-order valence-corrected chi connectivity index (χ1v) is 12.3. The van der Waals surface area contributed by atoms with Gasteiger partial charge in [0.15, 0.2) is 5.84 Å². The SMILES string of the molecule is CCOC(=O)C1=C(CN2CCOCC2C(=O)O)NC(C(=N)SC(C)=[NH2+])=NC1c1ccc(F)cc1Br. The van der Waals surface area contributed by atoms with Gasteiger partial charge in [0.2, 0.25) is 5.04 Å². The van der Waals surface area contributed by atoms with Gasteiger partial charge in [-0.2, -0.15) is 0 Å². The van der Waals surface area contributed by atoms with E-state index in [2.05, 4.69) is 26.2 Å². The smallest absolute Gasteiger partial charge is 0.338 e. The number of nitrogens with one attached hydrogen (secondary N) is 2. The Morgan fingerprint density at radius 1 is 1.49 bits per heavy atom. The average molecular weight is 571 g/mol. The van der Waals surface area contributed by atoms with Crippen LogP contribution >= 0.6 is 27.7 Å². The summed E-state index contributed by atoms with van der Waals surface area (Å²) in [6.45, 7) is 4.09. The van der Waals surface area contributed by atoms with Crippen LogP contribution in [0.15, 0.2) is 38.9 Å². The molecular weight excluding hydrogens is 545 g/mol. The second-order valence-corrected chi connectivity index (χ2v) is 9.84. The zero-order chi connectivity index (χ0) is 25.7. The van der Waals surface area contributed by atoms with Gasteiger partial charge >= 0.3 is 11.9 Å². The van der Waals surface area contributed by atoms with Gasteiger partial charge in [0, 0.05) is 30.2 Å². The number of benzene rings is 1. The number of aliphatic imine (C=N–C) groups is 1. The highest BCUT2D eigenvalue weighted by molar-refractivity contribution is 9.10. The molecule has 10 nitrogen and oxygen atoms in total. The Hall–Kier alpha value is -2.61. The van der Waals surface area contributed by atoms with Crippen LogP contribution in [0.5, 0.6) is 0 Å². The van der Waals surface area contributed by atoms with Crippen LogP contribution in [0.3, 0.4) is 0 Å². The van der Waals surface area contributed by atoms with Crippen molar-refractivity contribution in [1.29, 1.82) is 5.41 Å². The van der Waals surface area contributed by atoms with Crippen LogP contribution in [0.4, 0.5) is 4.39 Å². The number of morpholine rings is 1. The fourth-order valence-electron chi connectivity index (χ4n) is 3.70. The molecule has 3 rings (SSSR count). The number of aliphatic carboxylic acids is 1. The number of halogens is 2. The average Bonchev–Trinajstić information content (AvgIpc) is 2.78. The van der Waals surface area contributed by atoms with Crippen molar-refractivity contribution in [3.05, 3.63) is 45.3 Å². The lowest BCUT2D eigenvalue weighted by Crippen LogP contribution is -2.52. The van der Waals surface area contributed by atoms with Gasteiger partial charge in [-0.25, -0.2) is 9.18 Å². The van der Waals surface area contributed by atoms with Crippen molar-refractivity contribution in [3.8, 4) is 0 Å². The first-order valence-electron chi connectivity index (χ1n) is 10.7. The Labute approximate surface area is 214 Å². The zero-order valence-electron chi connectivity index (χ0n) is 19.1. The minimum Gasteiger partial charge on any atom is -0.480 e. The lowest BCUT2D eigenvalue weighted by atomic mass is 9.95. The topological polar surface area (TPSA) is 150 Å². The molecular formula is C22H26BrFN5O5S+. The summed E-state index contributed by atoms with van der Waals surface area (Å²) in [7, 11) is 0. The molecule has 2 unspecified atom stereocenters. The third-order valence-corrected chi connectivity index (χ3v) is 6.65. The fourth-order valence-corrected chi connectivity index (χ4v) is 4.79. The molecule has 5 N–H and O–H groups in total. The molecule has 188 valence electrons. The minimum atomic E-state index is -1.05. The van der Waals surface area contributed by atoms with Crippen LogP contribution < -0.4 is 10.7 Å². The van der Waals surface area contributed by atoms with E-state index >= 15 is 0 Å². The van der Waals surface area contributed by atoms with E-state index in [4.69, 9.17) is 20.3 Å². The van der Waals surface area contributed by atoms with Gasteiger partial charge in [0.25, 0.3) is 0 Å². The van der Waals surface area contributed by atoms with Gasteiger partial charge in [0.05, 0.1) is 25.4 Å². The van der Waals surface area contributed by atoms with Crippen molar-refractivity contribution in [2.75, 3.05) is 32.9 Å². The summed E-state index contributed by atoms with van der Waals surface area (Å²) in [5.41, 5.74) is 0.960. The van der Waals surface area contributed by atoms with E-state index in [1.54, 1.807) is 18.7 Å². The number of nitrogens with zero attached hydrogens (tertiary/aromatic N) is 2. The summed E-state index contributed by atoms with van der Waals surface area (Å²) in [6.07, 6.45) is 0. The van der Waals surface area contributed by atoms with E-state index in [-0.39, 0.29) is 36.2 Å². The molecule has 0 amide bonds. The molecule has 0 aromatic heterocycles. The van der Waals surface area contributed by atoms with Crippen LogP contribution in [-0.4, -0.2) is 76.8 Å². The van der Waals surface area contributed by atoms with Crippen molar-refractivity contribution in [2.24, 2.45) is 4.99 Å². The van der Waals surface area contributed by atoms with Crippen molar-refractivity contribution >= 4 is 55.6 Å². The Kier molecular flexibility index (Phi) is 9.16. The molecule has 2 atom stereocenters. The van der Waals surface area contributed by atoms with E-state index in [0.717, 1.165) is 11.8 Å². The second kappa shape index (κ2) is 11.9. The maximum absolute atomic E-state index is 13.8. The highest BCUT2D eigenvalue weighted by Gasteiger charge is 2.37. The lowest BCUT2D eigenvalue weighted by Gasteiger charge is -2.35. The first-order chi connectivity index (χ1) is 16.6. The Balaban J connectivity index is 2.14.